The van der Waals surface area contributed by atoms with E-state index >= 15 is 0 Å². The molecule has 2 heterocycles. The van der Waals surface area contributed by atoms with Crippen molar-refractivity contribution in [2.75, 3.05) is 5.32 Å². The number of carbonyl (C=O) groups excluding carboxylic acids is 1. The molecule has 0 aliphatic heterocycles. The van der Waals surface area contributed by atoms with E-state index in [1.165, 1.54) is 6.20 Å². The standard InChI is InChI=1S/C17H21N3O4/c1-3-7-11(8-4-2)15(21)19-16-13(17(22)23)14(20-24-16)12-9-5-6-10-18-12/h5-6,9-11H,3-4,7-8H2,1-2H3,(H,19,21)(H,22,23). The maximum Gasteiger partial charge on any atom is 0.343 e. The third-order valence-corrected chi connectivity index (χ3v) is 3.70. The molecule has 1 amide bonds. The molecule has 0 aliphatic rings. The Hall–Kier alpha value is -2.70. The van der Waals surface area contributed by atoms with Crippen LogP contribution in [0.15, 0.2) is 28.9 Å². The number of nitrogens with one attached hydrogen (secondary N) is 1. The molecule has 0 saturated carbocycles. The first-order chi connectivity index (χ1) is 11.6. The molecule has 7 heteroatoms. The van der Waals surface area contributed by atoms with Gasteiger partial charge in [-0.3, -0.25) is 15.1 Å². The first-order valence-corrected chi connectivity index (χ1v) is 8.03. The summed E-state index contributed by atoms with van der Waals surface area (Å²) >= 11 is 0. The van der Waals surface area contributed by atoms with E-state index < -0.39 is 5.97 Å². The minimum atomic E-state index is -1.23. The highest BCUT2D eigenvalue weighted by Crippen LogP contribution is 2.28. The normalized spacial score (nSPS) is 10.8. The average molecular weight is 331 g/mol. The molecule has 2 aromatic rings. The summed E-state index contributed by atoms with van der Waals surface area (Å²) in [7, 11) is 0. The Kier molecular flexibility index (Phi) is 6.06. The Bertz CT molecular complexity index is 691. The number of carboxylic acid groups (broad SMARTS) is 1. The molecular formula is C17H21N3O4. The third kappa shape index (κ3) is 3.98. The molecule has 2 rings (SSSR count). The number of aromatic carboxylic acids is 1. The molecule has 0 unspecified atom stereocenters. The van der Waals surface area contributed by atoms with Crippen molar-refractivity contribution in [3.05, 3.63) is 30.0 Å². The summed E-state index contributed by atoms with van der Waals surface area (Å²) in [6.45, 7) is 4.01. The molecule has 0 fully saturated rings. The Morgan fingerprint density at radius 3 is 2.50 bits per heavy atom. The smallest absolute Gasteiger partial charge is 0.343 e. The van der Waals surface area contributed by atoms with E-state index in [1.54, 1.807) is 18.2 Å². The fraction of sp³-hybridized carbons (Fsp3) is 0.412. The number of pyridine rings is 1. The number of nitrogens with zero attached hydrogens (tertiary/aromatic N) is 2. The largest absolute Gasteiger partial charge is 0.477 e. The summed E-state index contributed by atoms with van der Waals surface area (Å²) < 4.78 is 5.09. The zero-order valence-corrected chi connectivity index (χ0v) is 13.8. The third-order valence-electron chi connectivity index (χ3n) is 3.70. The van der Waals surface area contributed by atoms with Crippen LogP contribution in [-0.2, 0) is 4.79 Å². The lowest BCUT2D eigenvalue weighted by Crippen LogP contribution is -2.23. The van der Waals surface area contributed by atoms with E-state index in [2.05, 4.69) is 15.5 Å². The van der Waals surface area contributed by atoms with Crippen LogP contribution in [0, 0.1) is 5.92 Å². The van der Waals surface area contributed by atoms with Crippen LogP contribution in [0.4, 0.5) is 5.88 Å². The predicted molar refractivity (Wildman–Crippen MR) is 88.6 cm³/mol. The summed E-state index contributed by atoms with van der Waals surface area (Å²) in [5, 5.41) is 15.8. The van der Waals surface area contributed by atoms with Gasteiger partial charge in [0.15, 0.2) is 5.56 Å². The second-order valence-electron chi connectivity index (χ2n) is 5.52. The zero-order chi connectivity index (χ0) is 17.5. The van der Waals surface area contributed by atoms with Crippen LogP contribution in [0.5, 0.6) is 0 Å². The van der Waals surface area contributed by atoms with E-state index in [0.29, 0.717) is 5.69 Å². The van der Waals surface area contributed by atoms with Gasteiger partial charge in [-0.25, -0.2) is 4.79 Å². The summed E-state index contributed by atoms with van der Waals surface area (Å²) in [6.07, 6.45) is 4.76. The molecule has 0 aromatic carbocycles. The Labute approximate surface area is 140 Å². The van der Waals surface area contributed by atoms with E-state index in [1.807, 2.05) is 13.8 Å². The molecule has 0 aliphatic carbocycles. The van der Waals surface area contributed by atoms with Crippen molar-refractivity contribution in [2.24, 2.45) is 5.92 Å². The number of amides is 1. The van der Waals surface area contributed by atoms with Gasteiger partial charge in [0, 0.05) is 12.1 Å². The summed E-state index contributed by atoms with van der Waals surface area (Å²) in [5.74, 6) is -1.80. The highest BCUT2D eigenvalue weighted by atomic mass is 16.5. The van der Waals surface area contributed by atoms with Crippen LogP contribution >= 0.6 is 0 Å². The van der Waals surface area contributed by atoms with E-state index in [4.69, 9.17) is 4.52 Å². The van der Waals surface area contributed by atoms with E-state index in [9.17, 15) is 14.7 Å². The topological polar surface area (TPSA) is 105 Å². The Morgan fingerprint density at radius 2 is 1.96 bits per heavy atom. The molecule has 24 heavy (non-hydrogen) atoms. The fourth-order valence-corrected chi connectivity index (χ4v) is 2.57. The first kappa shape index (κ1) is 17.7. The number of carboxylic acids is 1. The van der Waals surface area contributed by atoms with Gasteiger partial charge < -0.3 is 9.63 Å². The average Bonchev–Trinajstić information content (AvgIpc) is 2.99. The van der Waals surface area contributed by atoms with Crippen LogP contribution in [0.25, 0.3) is 11.4 Å². The van der Waals surface area contributed by atoms with Gasteiger partial charge in [-0.15, -0.1) is 0 Å². The van der Waals surface area contributed by atoms with Crippen molar-refractivity contribution in [1.29, 1.82) is 0 Å². The van der Waals surface area contributed by atoms with Gasteiger partial charge >= 0.3 is 5.97 Å². The monoisotopic (exact) mass is 331 g/mol. The van der Waals surface area contributed by atoms with E-state index in [-0.39, 0.29) is 29.0 Å². The number of aromatic nitrogens is 2. The Balaban J connectivity index is 2.29. The zero-order valence-electron chi connectivity index (χ0n) is 13.8. The van der Waals surface area contributed by atoms with Gasteiger partial charge in [0.05, 0.1) is 5.69 Å². The van der Waals surface area contributed by atoms with E-state index in [0.717, 1.165) is 25.7 Å². The molecule has 0 spiro atoms. The van der Waals surface area contributed by atoms with Crippen molar-refractivity contribution >= 4 is 17.8 Å². The molecule has 0 atom stereocenters. The molecule has 2 N–H and O–H groups in total. The van der Waals surface area contributed by atoms with Crippen molar-refractivity contribution in [3.63, 3.8) is 0 Å². The summed E-state index contributed by atoms with van der Waals surface area (Å²) in [6, 6.07) is 5.07. The number of anilines is 1. The van der Waals surface area contributed by atoms with Crippen molar-refractivity contribution in [3.8, 4) is 11.4 Å². The fourth-order valence-electron chi connectivity index (χ4n) is 2.57. The lowest BCUT2D eigenvalue weighted by atomic mass is 9.97. The summed E-state index contributed by atoms with van der Waals surface area (Å²) in [5.41, 5.74) is 0.285. The van der Waals surface area contributed by atoms with Crippen molar-refractivity contribution < 1.29 is 19.2 Å². The number of hydrogen-bond acceptors (Lipinski definition) is 5. The SMILES string of the molecule is CCCC(CCC)C(=O)Nc1onc(-c2ccccn2)c1C(=O)O. The lowest BCUT2D eigenvalue weighted by molar-refractivity contribution is -0.120. The minimum Gasteiger partial charge on any atom is -0.477 e. The van der Waals surface area contributed by atoms with Crippen LogP contribution in [0.3, 0.4) is 0 Å². The molecule has 2 aromatic heterocycles. The quantitative estimate of drug-likeness (QED) is 0.766. The predicted octanol–water partition coefficient (Wildman–Crippen LogP) is 3.59. The Morgan fingerprint density at radius 1 is 1.25 bits per heavy atom. The lowest BCUT2D eigenvalue weighted by Gasteiger charge is -2.13. The second kappa shape index (κ2) is 8.24. The van der Waals surface area contributed by atoms with Crippen LogP contribution in [0.1, 0.15) is 49.9 Å². The van der Waals surface area contributed by atoms with Crippen LogP contribution < -0.4 is 5.32 Å². The molecule has 0 saturated heterocycles. The van der Waals surface area contributed by atoms with Crippen LogP contribution in [-0.4, -0.2) is 27.1 Å². The van der Waals surface area contributed by atoms with Gasteiger partial charge in [0.1, 0.15) is 5.69 Å². The van der Waals surface area contributed by atoms with Crippen molar-refractivity contribution in [1.82, 2.24) is 10.1 Å². The molecule has 0 radical (unpaired) electrons. The minimum absolute atomic E-state index is 0.0981. The van der Waals surface area contributed by atoms with Gasteiger partial charge in [-0.1, -0.05) is 37.9 Å². The summed E-state index contributed by atoms with van der Waals surface area (Å²) in [4.78, 5) is 28.1. The van der Waals surface area contributed by atoms with Gasteiger partial charge in [-0.05, 0) is 25.0 Å². The highest BCUT2D eigenvalue weighted by Gasteiger charge is 2.27. The van der Waals surface area contributed by atoms with Gasteiger partial charge in [0.25, 0.3) is 0 Å². The van der Waals surface area contributed by atoms with Crippen LogP contribution in [0.2, 0.25) is 0 Å². The van der Waals surface area contributed by atoms with Crippen molar-refractivity contribution in [2.45, 2.75) is 39.5 Å². The number of hydrogen-bond donors (Lipinski definition) is 2. The molecule has 128 valence electrons. The maximum atomic E-state index is 12.4. The molecule has 7 nitrogen and oxygen atoms in total. The highest BCUT2D eigenvalue weighted by molar-refractivity contribution is 6.03. The molecule has 0 bridgehead atoms. The first-order valence-electron chi connectivity index (χ1n) is 8.03. The van der Waals surface area contributed by atoms with Gasteiger partial charge in [-0.2, -0.15) is 0 Å². The second-order valence-corrected chi connectivity index (χ2v) is 5.52. The number of carbonyl (C=O) groups is 2. The molecular weight excluding hydrogens is 310 g/mol. The van der Waals surface area contributed by atoms with Gasteiger partial charge in [0.2, 0.25) is 11.8 Å². The number of rotatable bonds is 8. The maximum absolute atomic E-state index is 12.4.